The summed E-state index contributed by atoms with van der Waals surface area (Å²) >= 11 is 0. The molecule has 1 aliphatic heterocycles. The van der Waals surface area contributed by atoms with Crippen molar-refractivity contribution in [3.05, 3.63) is 0 Å². The van der Waals surface area contributed by atoms with Crippen LogP contribution in [0.4, 0.5) is 0 Å². The second kappa shape index (κ2) is 3.99. The van der Waals surface area contributed by atoms with Gasteiger partial charge in [-0.05, 0) is 21.1 Å². The second-order valence-electron chi connectivity index (χ2n) is 2.31. The van der Waals surface area contributed by atoms with Crippen LogP contribution in [0.1, 0.15) is 0 Å². The van der Waals surface area contributed by atoms with Crippen LogP contribution in [0.3, 0.4) is 0 Å². The minimum Gasteiger partial charge on any atom is -0.317 e. The molecule has 0 aromatic rings. The summed E-state index contributed by atoms with van der Waals surface area (Å²) in [7, 11) is 5.45. The van der Waals surface area contributed by atoms with E-state index in [1.807, 2.05) is 14.1 Å². The third-order valence-corrected chi connectivity index (χ3v) is 1.62. The molecular weight excluding hydrogens is 146 g/mol. The molecule has 1 aliphatic rings. The minimum atomic E-state index is -0.315. The monoisotopic (exact) mass is 161 g/mol. The Labute approximate surface area is 66.4 Å². The summed E-state index contributed by atoms with van der Waals surface area (Å²) in [6, 6.07) is 0. The smallest absolute Gasteiger partial charge is 0.219 e. The van der Waals surface area contributed by atoms with Crippen LogP contribution in [0.25, 0.3) is 0 Å². The Bertz CT molecular complexity index is 110. The summed E-state index contributed by atoms with van der Waals surface area (Å²) in [6.45, 7) is 0. The van der Waals surface area contributed by atoms with E-state index in [-0.39, 0.29) is 18.9 Å². The van der Waals surface area contributed by atoms with Gasteiger partial charge in [0.2, 0.25) is 6.41 Å². The molecule has 0 bridgehead atoms. The lowest BCUT2D eigenvalue weighted by Crippen LogP contribution is -2.42. The van der Waals surface area contributed by atoms with Crippen molar-refractivity contribution in [3.8, 4) is 0 Å². The molecule has 3 N–H and O–H groups in total. The van der Waals surface area contributed by atoms with Crippen molar-refractivity contribution < 1.29 is 9.47 Å². The van der Waals surface area contributed by atoms with Crippen molar-refractivity contribution in [2.24, 2.45) is 0 Å². The van der Waals surface area contributed by atoms with Crippen LogP contribution in [-0.4, -0.2) is 40.0 Å². The average molecular weight is 161 g/mol. The van der Waals surface area contributed by atoms with Gasteiger partial charge < -0.3 is 9.47 Å². The van der Waals surface area contributed by atoms with Crippen molar-refractivity contribution in [2.45, 2.75) is 18.9 Å². The molecule has 1 heterocycles. The lowest BCUT2D eigenvalue weighted by Gasteiger charge is -2.13. The third kappa shape index (κ3) is 1.88. The molecule has 0 saturated carbocycles. The second-order valence-corrected chi connectivity index (χ2v) is 2.31. The summed E-state index contributed by atoms with van der Waals surface area (Å²) in [4.78, 5) is 0. The number of rotatable bonds is 3. The highest BCUT2D eigenvalue weighted by molar-refractivity contribution is 4.69. The zero-order valence-electron chi connectivity index (χ0n) is 7.05. The fourth-order valence-corrected chi connectivity index (χ4v) is 1.02. The Balaban J connectivity index is 2.41. The largest absolute Gasteiger partial charge is 0.317 e. The molecule has 11 heavy (non-hydrogen) atoms. The standard InChI is InChI=1S/C6H15N3O2/c1-7-4-5(8-2)11-6(9-3)10-4/h4-9H,1-3H3. The summed E-state index contributed by atoms with van der Waals surface area (Å²) in [5, 5.41) is 8.83. The molecule has 5 nitrogen and oxygen atoms in total. The molecule has 1 saturated heterocycles. The molecule has 2 atom stereocenters. The normalized spacial score (nSPS) is 37.9. The van der Waals surface area contributed by atoms with Crippen LogP contribution in [0, 0.1) is 0 Å². The molecule has 0 aromatic heterocycles. The SMILES string of the molecule is CNC1OC(NC)C(NC)O1. The van der Waals surface area contributed by atoms with Gasteiger partial charge in [-0.1, -0.05) is 0 Å². The number of ether oxygens (including phenoxy) is 2. The van der Waals surface area contributed by atoms with Crippen molar-refractivity contribution in [1.82, 2.24) is 16.0 Å². The Kier molecular flexibility index (Phi) is 3.22. The van der Waals surface area contributed by atoms with Crippen LogP contribution in [-0.2, 0) is 9.47 Å². The van der Waals surface area contributed by atoms with Crippen LogP contribution >= 0.6 is 0 Å². The van der Waals surface area contributed by atoms with Gasteiger partial charge in [-0.25, -0.2) is 0 Å². The van der Waals surface area contributed by atoms with E-state index >= 15 is 0 Å². The number of nitrogens with one attached hydrogen (secondary N) is 3. The van der Waals surface area contributed by atoms with Gasteiger partial charge in [-0.3, -0.25) is 16.0 Å². The zero-order chi connectivity index (χ0) is 8.27. The van der Waals surface area contributed by atoms with Crippen LogP contribution < -0.4 is 16.0 Å². The minimum absolute atomic E-state index is 0.0857. The molecule has 66 valence electrons. The van der Waals surface area contributed by atoms with Gasteiger partial charge in [0.25, 0.3) is 0 Å². The molecule has 1 rings (SSSR count). The van der Waals surface area contributed by atoms with E-state index < -0.39 is 0 Å². The first-order valence-corrected chi connectivity index (χ1v) is 3.64. The first kappa shape index (κ1) is 8.89. The molecule has 0 radical (unpaired) electrons. The lowest BCUT2D eigenvalue weighted by molar-refractivity contribution is -0.0881. The van der Waals surface area contributed by atoms with Gasteiger partial charge in [0.15, 0.2) is 12.5 Å². The van der Waals surface area contributed by atoms with E-state index in [1.165, 1.54) is 0 Å². The maximum absolute atomic E-state index is 5.36. The first-order chi connectivity index (χ1) is 5.31. The summed E-state index contributed by atoms with van der Waals surface area (Å²) < 4.78 is 10.7. The highest BCUT2D eigenvalue weighted by Crippen LogP contribution is 2.11. The Morgan fingerprint density at radius 1 is 0.818 bits per heavy atom. The predicted molar refractivity (Wildman–Crippen MR) is 40.7 cm³/mol. The Morgan fingerprint density at radius 3 is 1.55 bits per heavy atom. The average Bonchev–Trinajstić information content (AvgIpc) is 2.46. The number of likely N-dealkylation sites (N-methyl/N-ethyl adjacent to an activating group) is 2. The third-order valence-electron chi connectivity index (χ3n) is 1.62. The van der Waals surface area contributed by atoms with E-state index in [2.05, 4.69) is 16.0 Å². The zero-order valence-corrected chi connectivity index (χ0v) is 7.05. The first-order valence-electron chi connectivity index (χ1n) is 3.64. The molecule has 1 fully saturated rings. The lowest BCUT2D eigenvalue weighted by atomic mass is 10.5. The predicted octanol–water partition coefficient (Wildman–Crippen LogP) is -1.37. The molecule has 2 unspecified atom stereocenters. The molecular formula is C6H15N3O2. The van der Waals surface area contributed by atoms with Crippen molar-refractivity contribution >= 4 is 0 Å². The van der Waals surface area contributed by atoms with Crippen molar-refractivity contribution in [3.63, 3.8) is 0 Å². The van der Waals surface area contributed by atoms with Crippen LogP contribution in [0.5, 0.6) is 0 Å². The quantitative estimate of drug-likeness (QED) is 0.476. The molecule has 0 aliphatic carbocycles. The highest BCUT2D eigenvalue weighted by atomic mass is 16.8. The molecule has 0 amide bonds. The fourth-order valence-electron chi connectivity index (χ4n) is 1.02. The fraction of sp³-hybridized carbons (Fsp3) is 1.00. The van der Waals surface area contributed by atoms with E-state index in [1.54, 1.807) is 7.05 Å². The Morgan fingerprint density at radius 2 is 1.27 bits per heavy atom. The van der Waals surface area contributed by atoms with E-state index in [0.29, 0.717) is 0 Å². The van der Waals surface area contributed by atoms with Crippen molar-refractivity contribution in [2.75, 3.05) is 21.1 Å². The van der Waals surface area contributed by atoms with Crippen LogP contribution in [0.15, 0.2) is 0 Å². The van der Waals surface area contributed by atoms with Gasteiger partial charge in [0.05, 0.1) is 0 Å². The van der Waals surface area contributed by atoms with Gasteiger partial charge in [-0.15, -0.1) is 0 Å². The summed E-state index contributed by atoms with van der Waals surface area (Å²) in [5.41, 5.74) is 0. The summed E-state index contributed by atoms with van der Waals surface area (Å²) in [6.07, 6.45) is -0.486. The van der Waals surface area contributed by atoms with E-state index in [0.717, 1.165) is 0 Å². The van der Waals surface area contributed by atoms with Gasteiger partial charge in [0.1, 0.15) is 0 Å². The number of hydrogen-bond donors (Lipinski definition) is 3. The van der Waals surface area contributed by atoms with Crippen LogP contribution in [0.2, 0.25) is 0 Å². The van der Waals surface area contributed by atoms with E-state index in [9.17, 15) is 0 Å². The highest BCUT2D eigenvalue weighted by Gasteiger charge is 2.32. The maximum Gasteiger partial charge on any atom is 0.219 e. The topological polar surface area (TPSA) is 54.5 Å². The van der Waals surface area contributed by atoms with Crippen molar-refractivity contribution in [1.29, 1.82) is 0 Å². The number of hydrogen-bond acceptors (Lipinski definition) is 5. The van der Waals surface area contributed by atoms with Gasteiger partial charge >= 0.3 is 0 Å². The van der Waals surface area contributed by atoms with Gasteiger partial charge in [0, 0.05) is 0 Å². The van der Waals surface area contributed by atoms with E-state index in [4.69, 9.17) is 9.47 Å². The Hall–Kier alpha value is -0.200. The molecule has 0 spiro atoms. The van der Waals surface area contributed by atoms with Gasteiger partial charge in [-0.2, -0.15) is 0 Å². The maximum atomic E-state index is 5.36. The molecule has 0 aromatic carbocycles. The summed E-state index contributed by atoms with van der Waals surface area (Å²) in [5.74, 6) is 0. The molecule has 5 heteroatoms.